The van der Waals surface area contributed by atoms with Crippen LogP contribution in [0.1, 0.15) is 33.6 Å². The zero-order chi connectivity index (χ0) is 11.5. The summed E-state index contributed by atoms with van der Waals surface area (Å²) >= 11 is 0. The van der Waals surface area contributed by atoms with Gasteiger partial charge in [0.25, 0.3) is 0 Å². The molecule has 1 heterocycles. The quantitative estimate of drug-likeness (QED) is 0.617. The Labute approximate surface area is 93.6 Å². The fourth-order valence-electron chi connectivity index (χ4n) is 1.89. The summed E-state index contributed by atoms with van der Waals surface area (Å²) in [6, 6.07) is 0. The molecule has 0 bridgehead atoms. The van der Waals surface area contributed by atoms with E-state index in [0.29, 0.717) is 5.92 Å². The molecular formula is C11H22BNO2. The maximum atomic E-state index is 11.8. The maximum Gasteiger partial charge on any atom is 0.410 e. The van der Waals surface area contributed by atoms with Crippen molar-refractivity contribution in [1.82, 2.24) is 4.90 Å². The van der Waals surface area contributed by atoms with Gasteiger partial charge in [-0.1, -0.05) is 6.32 Å². The third-order valence-electron chi connectivity index (χ3n) is 2.75. The van der Waals surface area contributed by atoms with Crippen molar-refractivity contribution in [2.75, 3.05) is 13.1 Å². The lowest BCUT2D eigenvalue weighted by molar-refractivity contribution is 0.0175. The van der Waals surface area contributed by atoms with Crippen LogP contribution in [-0.2, 0) is 4.74 Å². The van der Waals surface area contributed by atoms with E-state index in [1.807, 2.05) is 25.7 Å². The van der Waals surface area contributed by atoms with Crippen molar-refractivity contribution in [3.05, 3.63) is 0 Å². The Morgan fingerprint density at radius 2 is 2.20 bits per heavy atom. The van der Waals surface area contributed by atoms with Crippen LogP contribution in [0, 0.1) is 5.92 Å². The largest absolute Gasteiger partial charge is 0.444 e. The molecule has 0 saturated carbocycles. The minimum absolute atomic E-state index is 0.152. The first-order valence-corrected chi connectivity index (χ1v) is 5.90. The first-order valence-electron chi connectivity index (χ1n) is 5.90. The molecule has 1 saturated heterocycles. The molecule has 0 aliphatic carbocycles. The van der Waals surface area contributed by atoms with Gasteiger partial charge >= 0.3 is 6.09 Å². The van der Waals surface area contributed by atoms with E-state index in [-0.39, 0.29) is 11.7 Å². The highest BCUT2D eigenvalue weighted by Crippen LogP contribution is 2.20. The number of nitrogens with zero attached hydrogens (tertiary/aromatic N) is 1. The highest BCUT2D eigenvalue weighted by Gasteiger charge is 2.26. The Balaban J connectivity index is 2.45. The third kappa shape index (κ3) is 4.14. The monoisotopic (exact) mass is 211 g/mol. The van der Waals surface area contributed by atoms with Crippen LogP contribution in [0.5, 0.6) is 0 Å². The van der Waals surface area contributed by atoms with Crippen molar-refractivity contribution in [1.29, 1.82) is 0 Å². The van der Waals surface area contributed by atoms with Crippen molar-refractivity contribution < 1.29 is 9.53 Å². The fraction of sp³-hybridized carbons (Fsp3) is 0.909. The topological polar surface area (TPSA) is 29.5 Å². The van der Waals surface area contributed by atoms with E-state index >= 15 is 0 Å². The minimum Gasteiger partial charge on any atom is -0.444 e. The lowest BCUT2D eigenvalue weighted by Gasteiger charge is -2.33. The van der Waals surface area contributed by atoms with E-state index in [1.165, 1.54) is 6.42 Å². The molecule has 15 heavy (non-hydrogen) atoms. The second kappa shape index (κ2) is 4.91. The first kappa shape index (κ1) is 12.4. The Morgan fingerprint density at radius 1 is 1.53 bits per heavy atom. The van der Waals surface area contributed by atoms with Crippen LogP contribution in [0.15, 0.2) is 0 Å². The standard InChI is InChI=1S/C11H22BNO2/c1-11(2,3)15-10(14)13-6-4-5-9(7-12)8-13/h9H,4-8,12H2,1-3H3/t9-/m1/s1. The molecule has 1 aliphatic heterocycles. The Hall–Kier alpha value is -0.665. The van der Waals surface area contributed by atoms with Gasteiger partial charge in [0.15, 0.2) is 0 Å². The van der Waals surface area contributed by atoms with Crippen LogP contribution in [0.4, 0.5) is 4.79 Å². The summed E-state index contributed by atoms with van der Waals surface area (Å²) in [5, 5.41) is 0. The van der Waals surface area contributed by atoms with Crippen molar-refractivity contribution in [2.45, 2.75) is 45.5 Å². The van der Waals surface area contributed by atoms with Gasteiger partial charge in [0.2, 0.25) is 0 Å². The predicted molar refractivity (Wildman–Crippen MR) is 63.9 cm³/mol. The van der Waals surface area contributed by atoms with Gasteiger partial charge in [0.05, 0.1) is 0 Å². The van der Waals surface area contributed by atoms with Crippen LogP contribution in [0.25, 0.3) is 0 Å². The van der Waals surface area contributed by atoms with Gasteiger partial charge in [0, 0.05) is 13.1 Å². The molecule has 1 amide bonds. The molecule has 4 heteroatoms. The summed E-state index contributed by atoms with van der Waals surface area (Å²) in [6.45, 7) is 7.45. The van der Waals surface area contributed by atoms with Crippen LogP contribution in [0.2, 0.25) is 6.32 Å². The normalized spacial score (nSPS) is 22.6. The molecule has 0 aromatic rings. The molecule has 1 atom stereocenters. The molecular weight excluding hydrogens is 189 g/mol. The van der Waals surface area contributed by atoms with Crippen molar-refractivity contribution in [3.8, 4) is 0 Å². The molecule has 1 rings (SSSR count). The van der Waals surface area contributed by atoms with E-state index in [2.05, 4.69) is 7.85 Å². The fourth-order valence-corrected chi connectivity index (χ4v) is 1.89. The van der Waals surface area contributed by atoms with E-state index in [0.717, 1.165) is 25.8 Å². The smallest absolute Gasteiger partial charge is 0.410 e. The number of rotatable bonds is 1. The number of likely N-dealkylation sites (tertiary alicyclic amines) is 1. The van der Waals surface area contributed by atoms with Crippen molar-refractivity contribution >= 4 is 13.9 Å². The van der Waals surface area contributed by atoms with Crippen LogP contribution in [0.3, 0.4) is 0 Å². The first-order chi connectivity index (χ1) is 6.92. The van der Waals surface area contributed by atoms with E-state index in [4.69, 9.17) is 4.74 Å². The summed E-state index contributed by atoms with van der Waals surface area (Å²) in [5.74, 6) is 0.659. The number of hydrogen-bond donors (Lipinski definition) is 0. The van der Waals surface area contributed by atoms with Gasteiger partial charge in [-0.3, -0.25) is 0 Å². The molecule has 0 radical (unpaired) electrons. The molecule has 3 nitrogen and oxygen atoms in total. The molecule has 0 unspecified atom stereocenters. The van der Waals surface area contributed by atoms with Crippen LogP contribution < -0.4 is 0 Å². The molecule has 0 N–H and O–H groups in total. The average Bonchev–Trinajstić information content (AvgIpc) is 2.15. The number of carbonyl (C=O) groups excluding carboxylic acids is 1. The molecule has 86 valence electrons. The van der Waals surface area contributed by atoms with Gasteiger partial charge < -0.3 is 9.64 Å². The number of hydrogen-bond acceptors (Lipinski definition) is 2. The van der Waals surface area contributed by atoms with Gasteiger partial charge in [-0.05, 0) is 39.5 Å². The summed E-state index contributed by atoms with van der Waals surface area (Å²) in [4.78, 5) is 13.6. The molecule has 1 aliphatic rings. The van der Waals surface area contributed by atoms with Crippen molar-refractivity contribution in [2.24, 2.45) is 5.92 Å². The summed E-state index contributed by atoms with van der Waals surface area (Å²) in [7, 11) is 2.18. The average molecular weight is 211 g/mol. The highest BCUT2D eigenvalue weighted by molar-refractivity contribution is 6.08. The number of ether oxygens (including phenoxy) is 1. The second-order valence-corrected chi connectivity index (χ2v) is 5.34. The Morgan fingerprint density at radius 3 is 2.73 bits per heavy atom. The molecule has 0 spiro atoms. The summed E-state index contributed by atoms with van der Waals surface area (Å²) < 4.78 is 5.36. The number of carbonyl (C=O) groups is 1. The van der Waals surface area contributed by atoms with Gasteiger partial charge in [0.1, 0.15) is 13.4 Å². The number of piperidine rings is 1. The summed E-state index contributed by atoms with van der Waals surface area (Å²) in [5.41, 5.74) is -0.379. The predicted octanol–water partition coefficient (Wildman–Crippen LogP) is 1.68. The van der Waals surface area contributed by atoms with Crippen LogP contribution >= 0.6 is 0 Å². The maximum absolute atomic E-state index is 11.8. The Bertz CT molecular complexity index is 225. The van der Waals surface area contributed by atoms with Gasteiger partial charge in [-0.15, -0.1) is 0 Å². The third-order valence-corrected chi connectivity index (χ3v) is 2.75. The highest BCUT2D eigenvalue weighted by atomic mass is 16.6. The van der Waals surface area contributed by atoms with E-state index < -0.39 is 0 Å². The molecule has 0 aromatic carbocycles. The van der Waals surface area contributed by atoms with E-state index in [1.54, 1.807) is 0 Å². The van der Waals surface area contributed by atoms with E-state index in [9.17, 15) is 4.79 Å². The Kier molecular flexibility index (Phi) is 4.06. The lowest BCUT2D eigenvalue weighted by atomic mass is 9.85. The lowest BCUT2D eigenvalue weighted by Crippen LogP contribution is -2.42. The van der Waals surface area contributed by atoms with Gasteiger partial charge in [-0.2, -0.15) is 0 Å². The molecule has 0 aromatic heterocycles. The second-order valence-electron chi connectivity index (χ2n) is 5.34. The SMILES string of the molecule is BC[C@H]1CCCN(C(=O)OC(C)(C)C)C1. The van der Waals surface area contributed by atoms with Gasteiger partial charge in [-0.25, -0.2) is 4.79 Å². The zero-order valence-corrected chi connectivity index (χ0v) is 10.4. The molecule has 1 fully saturated rings. The minimum atomic E-state index is -0.379. The zero-order valence-electron chi connectivity index (χ0n) is 10.4. The number of amides is 1. The summed E-state index contributed by atoms with van der Waals surface area (Å²) in [6.07, 6.45) is 3.35. The van der Waals surface area contributed by atoms with Crippen molar-refractivity contribution in [3.63, 3.8) is 0 Å². The van der Waals surface area contributed by atoms with Crippen LogP contribution in [-0.4, -0.2) is 37.5 Å².